The van der Waals surface area contributed by atoms with Crippen molar-refractivity contribution >= 4 is 28.5 Å². The molecule has 0 saturated carbocycles. The number of carbonyl (C=O) groups excluding carboxylic acids is 2. The summed E-state index contributed by atoms with van der Waals surface area (Å²) in [7, 11) is 3.06. The number of benzene rings is 2. The first-order valence-corrected chi connectivity index (χ1v) is 10.6. The van der Waals surface area contributed by atoms with Crippen molar-refractivity contribution in [3.8, 4) is 11.5 Å². The van der Waals surface area contributed by atoms with Gasteiger partial charge in [-0.15, -0.1) is 6.58 Å². The Labute approximate surface area is 191 Å². The Morgan fingerprint density at radius 1 is 1.15 bits per heavy atom. The molecule has 4 rings (SSSR count). The normalized spacial score (nSPS) is 13.6. The number of allylic oxidation sites excluding steroid dienone is 1. The largest absolute Gasteiger partial charge is 0.493 e. The summed E-state index contributed by atoms with van der Waals surface area (Å²) in [6.07, 6.45) is 2.22. The van der Waals surface area contributed by atoms with Gasteiger partial charge in [-0.05, 0) is 30.7 Å². The number of nitrogens with one attached hydrogen (secondary N) is 1. The van der Waals surface area contributed by atoms with Crippen molar-refractivity contribution in [2.45, 2.75) is 6.42 Å². The van der Waals surface area contributed by atoms with Crippen LogP contribution in [0.3, 0.4) is 0 Å². The van der Waals surface area contributed by atoms with Gasteiger partial charge >= 0.3 is 0 Å². The maximum atomic E-state index is 13.3. The molecule has 2 amide bonds. The zero-order chi connectivity index (χ0) is 23.4. The molecule has 0 bridgehead atoms. The molecule has 172 valence electrons. The summed E-state index contributed by atoms with van der Waals surface area (Å²) in [5.74, 6) is 0.390. The summed E-state index contributed by atoms with van der Waals surface area (Å²) in [6, 6.07) is 10.5. The van der Waals surface area contributed by atoms with Crippen molar-refractivity contribution in [1.82, 2.24) is 4.90 Å². The van der Waals surface area contributed by atoms with E-state index in [0.717, 1.165) is 5.56 Å². The van der Waals surface area contributed by atoms with Gasteiger partial charge in [-0.1, -0.05) is 18.2 Å². The molecule has 33 heavy (non-hydrogen) atoms. The van der Waals surface area contributed by atoms with Crippen molar-refractivity contribution in [2.24, 2.45) is 0 Å². The van der Waals surface area contributed by atoms with Crippen LogP contribution in [0.1, 0.15) is 26.5 Å². The quantitative estimate of drug-likeness (QED) is 0.549. The standard InChI is InChI=1S/C25H26N2O6/c1-4-7-16-14-17(15-20(30-2)22(16)31-3)24(28)26-21-18-8-5-6-9-19(18)33-23(21)25(29)27-10-12-32-13-11-27/h4-6,8-9,14-15H,1,7,10-13H2,2-3H3,(H,26,28). The molecular weight excluding hydrogens is 424 g/mol. The van der Waals surface area contributed by atoms with Crippen LogP contribution in [0.15, 0.2) is 53.5 Å². The number of ether oxygens (including phenoxy) is 3. The highest BCUT2D eigenvalue weighted by Gasteiger charge is 2.28. The van der Waals surface area contributed by atoms with Crippen LogP contribution in [-0.4, -0.2) is 57.2 Å². The van der Waals surface area contributed by atoms with Gasteiger partial charge in [-0.3, -0.25) is 9.59 Å². The number of carbonyl (C=O) groups is 2. The third-order valence-corrected chi connectivity index (χ3v) is 5.51. The van der Waals surface area contributed by atoms with Crippen molar-refractivity contribution in [1.29, 1.82) is 0 Å². The molecule has 0 radical (unpaired) electrons. The average molecular weight is 450 g/mol. The fourth-order valence-corrected chi connectivity index (χ4v) is 3.90. The third-order valence-electron chi connectivity index (χ3n) is 5.51. The zero-order valence-corrected chi connectivity index (χ0v) is 18.7. The van der Waals surface area contributed by atoms with Gasteiger partial charge in [0.15, 0.2) is 11.5 Å². The Kier molecular flexibility index (Phi) is 6.65. The molecule has 1 fully saturated rings. The molecule has 3 aromatic rings. The predicted octanol–water partition coefficient (Wildman–Crippen LogP) is 3.90. The van der Waals surface area contributed by atoms with E-state index in [1.54, 1.807) is 36.3 Å². The number of anilines is 1. The predicted molar refractivity (Wildman–Crippen MR) is 124 cm³/mol. The molecule has 8 nitrogen and oxygen atoms in total. The van der Waals surface area contributed by atoms with Crippen LogP contribution in [0.5, 0.6) is 11.5 Å². The Morgan fingerprint density at radius 2 is 1.91 bits per heavy atom. The van der Waals surface area contributed by atoms with E-state index in [4.69, 9.17) is 18.6 Å². The maximum absolute atomic E-state index is 13.3. The molecule has 1 saturated heterocycles. The second-order valence-electron chi connectivity index (χ2n) is 7.52. The molecule has 1 aromatic heterocycles. The summed E-state index contributed by atoms with van der Waals surface area (Å²) < 4.78 is 22.1. The van der Waals surface area contributed by atoms with Crippen LogP contribution < -0.4 is 14.8 Å². The minimum absolute atomic E-state index is 0.0956. The number of hydrogen-bond donors (Lipinski definition) is 1. The van der Waals surface area contributed by atoms with Gasteiger partial charge in [-0.25, -0.2) is 0 Å². The van der Waals surface area contributed by atoms with Crippen LogP contribution in [0, 0.1) is 0 Å². The van der Waals surface area contributed by atoms with Crippen LogP contribution in [0.25, 0.3) is 11.0 Å². The minimum Gasteiger partial charge on any atom is -0.493 e. The smallest absolute Gasteiger partial charge is 0.291 e. The fraction of sp³-hybridized carbons (Fsp3) is 0.280. The van der Waals surface area contributed by atoms with Gasteiger partial charge < -0.3 is 28.8 Å². The molecule has 1 aliphatic rings. The SMILES string of the molecule is C=CCc1cc(C(=O)Nc2c(C(=O)N3CCOCC3)oc3ccccc23)cc(OC)c1OC. The summed E-state index contributed by atoms with van der Waals surface area (Å²) in [5, 5.41) is 3.54. The molecule has 0 atom stereocenters. The summed E-state index contributed by atoms with van der Waals surface area (Å²) in [6.45, 7) is 5.62. The minimum atomic E-state index is -0.399. The monoisotopic (exact) mass is 450 g/mol. The highest BCUT2D eigenvalue weighted by Crippen LogP contribution is 2.35. The fourth-order valence-electron chi connectivity index (χ4n) is 3.90. The Hall–Kier alpha value is -3.78. The highest BCUT2D eigenvalue weighted by molar-refractivity contribution is 6.14. The second-order valence-corrected chi connectivity index (χ2v) is 7.52. The number of nitrogens with zero attached hydrogens (tertiary/aromatic N) is 1. The van der Waals surface area contributed by atoms with E-state index in [9.17, 15) is 9.59 Å². The number of hydrogen-bond acceptors (Lipinski definition) is 6. The van der Waals surface area contributed by atoms with Crippen LogP contribution in [0.4, 0.5) is 5.69 Å². The topological polar surface area (TPSA) is 90.2 Å². The lowest BCUT2D eigenvalue weighted by Crippen LogP contribution is -2.40. The summed E-state index contributed by atoms with van der Waals surface area (Å²) in [5.41, 5.74) is 1.98. The Bertz CT molecular complexity index is 1190. The lowest BCUT2D eigenvalue weighted by atomic mass is 10.0. The molecule has 1 aliphatic heterocycles. The average Bonchev–Trinajstić information content (AvgIpc) is 3.22. The second kappa shape index (κ2) is 9.79. The lowest BCUT2D eigenvalue weighted by molar-refractivity contribution is 0.0285. The molecule has 8 heteroatoms. The van der Waals surface area contributed by atoms with Crippen molar-refractivity contribution < 1.29 is 28.2 Å². The molecule has 2 heterocycles. The van der Waals surface area contributed by atoms with Gasteiger partial charge in [0.2, 0.25) is 5.76 Å². The summed E-state index contributed by atoms with van der Waals surface area (Å²) >= 11 is 0. The van der Waals surface area contributed by atoms with E-state index in [1.807, 2.05) is 18.2 Å². The number of rotatable bonds is 7. The molecular formula is C25H26N2O6. The van der Waals surface area contributed by atoms with Gasteiger partial charge in [0.05, 0.1) is 27.4 Å². The van der Waals surface area contributed by atoms with E-state index in [-0.39, 0.29) is 11.7 Å². The van der Waals surface area contributed by atoms with Gasteiger partial charge in [0.25, 0.3) is 11.8 Å². The third kappa shape index (κ3) is 4.42. The summed E-state index contributed by atoms with van der Waals surface area (Å²) in [4.78, 5) is 28.2. The molecule has 2 aromatic carbocycles. The van der Waals surface area contributed by atoms with Crippen molar-refractivity contribution in [3.05, 3.63) is 65.9 Å². The van der Waals surface area contributed by atoms with Gasteiger partial charge in [0, 0.05) is 29.6 Å². The molecule has 0 spiro atoms. The first-order chi connectivity index (χ1) is 16.1. The Morgan fingerprint density at radius 3 is 2.61 bits per heavy atom. The first kappa shape index (κ1) is 22.4. The number of para-hydroxylation sites is 1. The van der Waals surface area contributed by atoms with Crippen LogP contribution >= 0.6 is 0 Å². The molecule has 0 unspecified atom stereocenters. The van der Waals surface area contributed by atoms with Crippen molar-refractivity contribution in [2.75, 3.05) is 45.8 Å². The van der Waals surface area contributed by atoms with Crippen LogP contribution in [0.2, 0.25) is 0 Å². The van der Waals surface area contributed by atoms with Gasteiger partial charge in [0.1, 0.15) is 11.3 Å². The van der Waals surface area contributed by atoms with Crippen LogP contribution in [-0.2, 0) is 11.2 Å². The highest BCUT2D eigenvalue weighted by atomic mass is 16.5. The van der Waals surface area contributed by atoms with Gasteiger partial charge in [-0.2, -0.15) is 0 Å². The van der Waals surface area contributed by atoms with Crippen molar-refractivity contribution in [3.63, 3.8) is 0 Å². The number of fused-ring (bicyclic) bond motifs is 1. The number of morpholine rings is 1. The van der Waals surface area contributed by atoms with E-state index in [2.05, 4.69) is 11.9 Å². The number of furan rings is 1. The lowest BCUT2D eigenvalue weighted by Gasteiger charge is -2.26. The maximum Gasteiger partial charge on any atom is 0.291 e. The molecule has 1 N–H and O–H groups in total. The number of amides is 2. The number of methoxy groups -OCH3 is 2. The van der Waals surface area contributed by atoms with E-state index in [0.29, 0.717) is 66.4 Å². The zero-order valence-electron chi connectivity index (χ0n) is 18.7. The molecule has 0 aliphatic carbocycles. The van der Waals surface area contributed by atoms with E-state index in [1.165, 1.54) is 7.11 Å². The first-order valence-electron chi connectivity index (χ1n) is 10.6. The van der Waals surface area contributed by atoms with E-state index >= 15 is 0 Å². The Balaban J connectivity index is 1.73. The van der Waals surface area contributed by atoms with E-state index < -0.39 is 5.91 Å².